The summed E-state index contributed by atoms with van der Waals surface area (Å²) in [4.78, 5) is 38.3. The molecular formula is C23H31NO5S. The fourth-order valence-electron chi connectivity index (χ4n) is 5.47. The fourth-order valence-corrected chi connectivity index (χ4v) is 6.88. The number of hydrogen-bond donors (Lipinski definition) is 1. The van der Waals surface area contributed by atoms with Gasteiger partial charge in [0.2, 0.25) is 0 Å². The van der Waals surface area contributed by atoms with Crippen molar-refractivity contribution in [3.8, 4) is 0 Å². The van der Waals surface area contributed by atoms with Crippen molar-refractivity contribution in [1.29, 1.82) is 0 Å². The lowest BCUT2D eigenvalue weighted by atomic mass is 9.86. The van der Waals surface area contributed by atoms with E-state index in [1.54, 1.807) is 6.92 Å². The Morgan fingerprint density at radius 3 is 2.67 bits per heavy atom. The zero-order valence-electron chi connectivity index (χ0n) is 17.8. The largest absolute Gasteiger partial charge is 0.462 e. The highest BCUT2D eigenvalue weighted by Gasteiger charge is 2.40. The number of esters is 2. The first-order chi connectivity index (χ1) is 14.4. The number of carbonyl (C=O) groups is 3. The first kappa shape index (κ1) is 21.3. The lowest BCUT2D eigenvalue weighted by Gasteiger charge is -2.20. The number of carbonyl (C=O) groups excluding carboxylic acids is 3. The molecule has 0 spiro atoms. The third-order valence-corrected chi connectivity index (χ3v) is 8.09. The second kappa shape index (κ2) is 9.08. The molecule has 2 bridgehead atoms. The molecule has 6 nitrogen and oxygen atoms in total. The van der Waals surface area contributed by atoms with E-state index < -0.39 is 11.9 Å². The number of ether oxygens (including phenoxy) is 2. The average molecular weight is 434 g/mol. The number of hydrogen-bond acceptors (Lipinski definition) is 6. The number of amides is 1. The maximum Gasteiger partial charge on any atom is 0.341 e. The van der Waals surface area contributed by atoms with Crippen LogP contribution in [0.4, 0.5) is 5.00 Å². The van der Waals surface area contributed by atoms with Gasteiger partial charge >= 0.3 is 11.9 Å². The Kier molecular flexibility index (Phi) is 6.46. The number of nitrogens with one attached hydrogen (secondary N) is 1. The Hall–Kier alpha value is -1.89. The van der Waals surface area contributed by atoms with Crippen LogP contribution in [0.15, 0.2) is 0 Å². The molecule has 30 heavy (non-hydrogen) atoms. The minimum atomic E-state index is -0.409. The van der Waals surface area contributed by atoms with Gasteiger partial charge < -0.3 is 14.8 Å². The molecule has 1 heterocycles. The van der Waals surface area contributed by atoms with Crippen molar-refractivity contribution in [2.45, 2.75) is 65.2 Å². The molecule has 1 aromatic rings. The van der Waals surface area contributed by atoms with Crippen LogP contribution in [0, 0.1) is 23.7 Å². The maximum absolute atomic E-state index is 12.5. The van der Waals surface area contributed by atoms with Gasteiger partial charge in [-0.3, -0.25) is 9.59 Å². The summed E-state index contributed by atoms with van der Waals surface area (Å²) < 4.78 is 10.5. The number of rotatable bonds is 7. The van der Waals surface area contributed by atoms with E-state index in [1.165, 1.54) is 30.6 Å². The molecule has 1 N–H and O–H groups in total. The highest BCUT2D eigenvalue weighted by molar-refractivity contribution is 7.17. The molecule has 7 heteroatoms. The van der Waals surface area contributed by atoms with E-state index in [-0.39, 0.29) is 19.2 Å². The summed E-state index contributed by atoms with van der Waals surface area (Å²) in [6, 6.07) is 0. The molecule has 1 amide bonds. The zero-order chi connectivity index (χ0) is 21.3. The molecule has 3 aliphatic rings. The SMILES string of the molecule is CCOC(=O)c1c(NC(=O)COC(=O)C[C@@H]2C[C@H]3CC[C@H]2C3)sc2c1CC[C@H](C)C2. The molecule has 2 fully saturated rings. The van der Waals surface area contributed by atoms with Crippen LogP contribution in [0.5, 0.6) is 0 Å². The highest BCUT2D eigenvalue weighted by Crippen LogP contribution is 2.49. The van der Waals surface area contributed by atoms with Gasteiger partial charge in [0.25, 0.3) is 5.91 Å². The molecule has 4 rings (SSSR count). The third kappa shape index (κ3) is 4.56. The van der Waals surface area contributed by atoms with Gasteiger partial charge in [0.05, 0.1) is 12.2 Å². The van der Waals surface area contributed by atoms with Crippen LogP contribution in [-0.4, -0.2) is 31.1 Å². The normalized spacial score (nSPS) is 26.9. The molecule has 0 unspecified atom stereocenters. The minimum absolute atomic E-state index is 0.286. The van der Waals surface area contributed by atoms with Gasteiger partial charge in [-0.2, -0.15) is 0 Å². The van der Waals surface area contributed by atoms with Gasteiger partial charge in [-0.05, 0) is 74.7 Å². The van der Waals surface area contributed by atoms with Crippen molar-refractivity contribution in [3.63, 3.8) is 0 Å². The fraction of sp³-hybridized carbons (Fsp3) is 0.696. The smallest absolute Gasteiger partial charge is 0.341 e. The summed E-state index contributed by atoms with van der Waals surface area (Å²) in [7, 11) is 0. The molecule has 0 aliphatic heterocycles. The van der Waals surface area contributed by atoms with E-state index in [0.29, 0.717) is 34.7 Å². The van der Waals surface area contributed by atoms with Crippen molar-refractivity contribution in [1.82, 2.24) is 0 Å². The van der Waals surface area contributed by atoms with Gasteiger partial charge in [0, 0.05) is 11.3 Å². The molecule has 4 atom stereocenters. The van der Waals surface area contributed by atoms with E-state index in [4.69, 9.17) is 9.47 Å². The summed E-state index contributed by atoms with van der Waals surface area (Å²) in [5.41, 5.74) is 1.48. The quantitative estimate of drug-likeness (QED) is 0.646. The Morgan fingerprint density at radius 1 is 1.13 bits per heavy atom. The molecular weight excluding hydrogens is 402 g/mol. The van der Waals surface area contributed by atoms with E-state index in [2.05, 4.69) is 12.2 Å². The van der Waals surface area contributed by atoms with Crippen molar-refractivity contribution in [3.05, 3.63) is 16.0 Å². The zero-order valence-corrected chi connectivity index (χ0v) is 18.6. The minimum Gasteiger partial charge on any atom is -0.462 e. The van der Waals surface area contributed by atoms with Gasteiger partial charge in [0.15, 0.2) is 6.61 Å². The summed E-state index contributed by atoms with van der Waals surface area (Å²) in [5.74, 6) is 1.31. The van der Waals surface area contributed by atoms with Crippen LogP contribution >= 0.6 is 11.3 Å². The maximum atomic E-state index is 12.5. The number of thiophene rings is 1. The molecule has 0 aromatic carbocycles. The molecule has 3 aliphatic carbocycles. The molecule has 1 aromatic heterocycles. The Labute approximate surface area is 181 Å². The lowest BCUT2D eigenvalue weighted by Crippen LogP contribution is -2.23. The predicted octanol–water partition coefficient (Wildman–Crippen LogP) is 4.36. The van der Waals surface area contributed by atoms with E-state index in [0.717, 1.165) is 42.0 Å². The Morgan fingerprint density at radius 2 is 1.97 bits per heavy atom. The second-order valence-corrected chi connectivity index (χ2v) is 10.2. The van der Waals surface area contributed by atoms with Crippen LogP contribution in [0.1, 0.15) is 73.2 Å². The van der Waals surface area contributed by atoms with Crippen molar-refractivity contribution >= 4 is 34.2 Å². The van der Waals surface area contributed by atoms with Crippen LogP contribution in [0.2, 0.25) is 0 Å². The summed E-state index contributed by atoms with van der Waals surface area (Å²) in [6.45, 7) is 3.93. The standard InChI is InChI=1S/C23H31NO5S/c1-3-28-23(27)21-17-7-4-13(2)8-18(17)30-22(21)24-19(25)12-29-20(26)11-16-10-14-5-6-15(16)9-14/h13-16H,3-12H2,1-2H3,(H,24,25)/t13-,14-,15-,16-/m0/s1. The second-order valence-electron chi connectivity index (χ2n) is 9.12. The number of fused-ring (bicyclic) bond motifs is 3. The average Bonchev–Trinajstić information content (AvgIpc) is 3.40. The van der Waals surface area contributed by atoms with Crippen LogP contribution in [0.25, 0.3) is 0 Å². The first-order valence-electron chi connectivity index (χ1n) is 11.2. The predicted molar refractivity (Wildman–Crippen MR) is 115 cm³/mol. The third-order valence-electron chi connectivity index (χ3n) is 6.92. The van der Waals surface area contributed by atoms with Crippen molar-refractivity contribution in [2.24, 2.45) is 23.7 Å². The Bertz CT molecular complexity index is 832. The molecule has 0 saturated heterocycles. The highest BCUT2D eigenvalue weighted by atomic mass is 32.1. The topological polar surface area (TPSA) is 81.7 Å². The van der Waals surface area contributed by atoms with E-state index in [1.807, 2.05) is 0 Å². The Balaban J connectivity index is 1.35. The number of anilines is 1. The molecule has 2 saturated carbocycles. The lowest BCUT2D eigenvalue weighted by molar-refractivity contribution is -0.148. The van der Waals surface area contributed by atoms with Gasteiger partial charge in [-0.15, -0.1) is 11.3 Å². The first-order valence-corrected chi connectivity index (χ1v) is 12.0. The van der Waals surface area contributed by atoms with Crippen LogP contribution < -0.4 is 5.32 Å². The van der Waals surface area contributed by atoms with Crippen molar-refractivity contribution in [2.75, 3.05) is 18.5 Å². The summed E-state index contributed by atoms with van der Waals surface area (Å²) in [6.07, 6.45) is 8.03. The molecule has 0 radical (unpaired) electrons. The van der Waals surface area contributed by atoms with Crippen LogP contribution in [-0.2, 0) is 31.9 Å². The van der Waals surface area contributed by atoms with Gasteiger partial charge in [0.1, 0.15) is 5.00 Å². The van der Waals surface area contributed by atoms with Gasteiger partial charge in [-0.25, -0.2) is 4.79 Å². The van der Waals surface area contributed by atoms with E-state index >= 15 is 0 Å². The summed E-state index contributed by atoms with van der Waals surface area (Å²) >= 11 is 1.44. The van der Waals surface area contributed by atoms with Gasteiger partial charge in [-0.1, -0.05) is 13.3 Å². The summed E-state index contributed by atoms with van der Waals surface area (Å²) in [5, 5.41) is 3.31. The molecule has 164 valence electrons. The van der Waals surface area contributed by atoms with Crippen molar-refractivity contribution < 1.29 is 23.9 Å². The van der Waals surface area contributed by atoms with Crippen LogP contribution in [0.3, 0.4) is 0 Å². The monoisotopic (exact) mass is 433 g/mol. The van der Waals surface area contributed by atoms with E-state index in [9.17, 15) is 14.4 Å².